The summed E-state index contributed by atoms with van der Waals surface area (Å²) in [5.74, 6) is 1.71. The van der Waals surface area contributed by atoms with Gasteiger partial charge in [-0.05, 0) is 49.4 Å². The van der Waals surface area contributed by atoms with Crippen molar-refractivity contribution in [2.75, 3.05) is 7.11 Å². The van der Waals surface area contributed by atoms with Crippen LogP contribution in [0, 0.1) is 6.92 Å². The Morgan fingerprint density at radius 3 is 2.34 bits per heavy atom. The maximum atomic E-state index is 11.9. The van der Waals surface area contributed by atoms with Crippen molar-refractivity contribution in [2.24, 2.45) is 7.05 Å². The molecule has 3 rings (SSSR count). The van der Waals surface area contributed by atoms with E-state index < -0.39 is 0 Å². The molecule has 156 valence electrons. The molecule has 2 aromatic carbocycles. The Labute approximate surface area is 174 Å². The molecule has 0 atom stereocenters. The van der Waals surface area contributed by atoms with Crippen molar-refractivity contribution in [2.45, 2.75) is 53.0 Å². The zero-order valence-corrected chi connectivity index (χ0v) is 18.3. The Balaban J connectivity index is 0.000000278. The first-order chi connectivity index (χ1) is 14.0. The lowest BCUT2D eigenvalue weighted by molar-refractivity contribution is 0.414. The van der Waals surface area contributed by atoms with E-state index in [-0.39, 0.29) is 5.69 Å². The van der Waals surface area contributed by atoms with E-state index in [1.54, 1.807) is 18.7 Å². The smallest absolute Gasteiger partial charge is 0.345 e. The molecule has 3 aromatic rings. The maximum Gasteiger partial charge on any atom is 0.345 e. The standard InChI is InChI=1S/C15H21N3O2.C9H12/c1-4-10-18-14(16-17(2)15(18)19)9-8-12-6-5-7-13(11-12)20-3;1-3-9-6-4-8(2)5-7-9/h5-7,11H,4,8-10H2,1-3H3;4-7H,3H2,1-2H3. The molecule has 0 amide bonds. The Morgan fingerprint density at radius 1 is 1.00 bits per heavy atom. The normalized spacial score (nSPS) is 10.4. The SMILES string of the molecule is CCCn1c(CCc2cccc(OC)c2)nn(C)c1=O.CCc1ccc(C)cc1. The van der Waals surface area contributed by atoms with Crippen molar-refractivity contribution in [1.82, 2.24) is 14.3 Å². The van der Waals surface area contributed by atoms with Crippen LogP contribution in [0.4, 0.5) is 0 Å². The summed E-state index contributed by atoms with van der Waals surface area (Å²) < 4.78 is 8.39. The third kappa shape index (κ3) is 6.63. The minimum absolute atomic E-state index is 0.0347. The van der Waals surface area contributed by atoms with Gasteiger partial charge in [-0.1, -0.05) is 55.8 Å². The summed E-state index contributed by atoms with van der Waals surface area (Å²) >= 11 is 0. The first-order valence-corrected chi connectivity index (χ1v) is 10.3. The first-order valence-electron chi connectivity index (χ1n) is 10.3. The minimum atomic E-state index is -0.0347. The molecular formula is C24H33N3O2. The quantitative estimate of drug-likeness (QED) is 0.598. The molecule has 5 nitrogen and oxygen atoms in total. The van der Waals surface area contributed by atoms with Crippen LogP contribution in [0.2, 0.25) is 0 Å². The molecule has 0 fully saturated rings. The van der Waals surface area contributed by atoms with E-state index in [1.165, 1.54) is 21.4 Å². The highest BCUT2D eigenvalue weighted by molar-refractivity contribution is 5.28. The van der Waals surface area contributed by atoms with Crippen LogP contribution in [-0.2, 0) is 32.9 Å². The Hall–Kier alpha value is -2.82. The molecule has 29 heavy (non-hydrogen) atoms. The van der Waals surface area contributed by atoms with Gasteiger partial charge in [-0.3, -0.25) is 4.57 Å². The van der Waals surface area contributed by atoms with E-state index >= 15 is 0 Å². The van der Waals surface area contributed by atoms with E-state index in [4.69, 9.17) is 4.74 Å². The van der Waals surface area contributed by atoms with Gasteiger partial charge < -0.3 is 4.74 Å². The molecule has 5 heteroatoms. The fraction of sp³-hybridized carbons (Fsp3) is 0.417. The molecule has 1 heterocycles. The summed E-state index contributed by atoms with van der Waals surface area (Å²) in [6.45, 7) is 7.06. The van der Waals surface area contributed by atoms with Crippen molar-refractivity contribution in [3.8, 4) is 5.75 Å². The lowest BCUT2D eigenvalue weighted by atomic mass is 10.1. The van der Waals surface area contributed by atoms with E-state index in [1.807, 2.05) is 18.2 Å². The van der Waals surface area contributed by atoms with Gasteiger partial charge in [-0.25, -0.2) is 9.48 Å². The largest absolute Gasteiger partial charge is 0.497 e. The second-order valence-electron chi connectivity index (χ2n) is 7.16. The molecule has 0 aliphatic heterocycles. The van der Waals surface area contributed by atoms with Gasteiger partial charge in [0.2, 0.25) is 0 Å². The van der Waals surface area contributed by atoms with E-state index in [0.29, 0.717) is 0 Å². The lowest BCUT2D eigenvalue weighted by Gasteiger charge is -2.05. The number of benzene rings is 2. The second-order valence-corrected chi connectivity index (χ2v) is 7.16. The monoisotopic (exact) mass is 395 g/mol. The summed E-state index contributed by atoms with van der Waals surface area (Å²) in [7, 11) is 3.36. The van der Waals surface area contributed by atoms with Crippen LogP contribution in [0.3, 0.4) is 0 Å². The van der Waals surface area contributed by atoms with Crippen LogP contribution in [0.5, 0.6) is 5.75 Å². The van der Waals surface area contributed by atoms with Crippen molar-refractivity contribution in [3.05, 3.63) is 81.5 Å². The summed E-state index contributed by atoms with van der Waals surface area (Å²) in [5, 5.41) is 4.32. The molecule has 0 saturated heterocycles. The summed E-state index contributed by atoms with van der Waals surface area (Å²) in [6.07, 6.45) is 3.67. The van der Waals surface area contributed by atoms with Gasteiger partial charge >= 0.3 is 5.69 Å². The lowest BCUT2D eigenvalue weighted by Crippen LogP contribution is -2.23. The van der Waals surface area contributed by atoms with E-state index in [2.05, 4.69) is 56.2 Å². The highest BCUT2D eigenvalue weighted by Crippen LogP contribution is 2.14. The predicted molar refractivity (Wildman–Crippen MR) is 119 cm³/mol. The van der Waals surface area contributed by atoms with Crippen LogP contribution in [0.1, 0.15) is 42.8 Å². The second kappa shape index (κ2) is 11.2. The number of methoxy groups -OCH3 is 1. The number of ether oxygens (including phenoxy) is 1. The number of aryl methyl sites for hydroxylation is 5. The molecule has 0 unspecified atom stereocenters. The molecule has 1 aromatic heterocycles. The van der Waals surface area contributed by atoms with Crippen molar-refractivity contribution in [3.63, 3.8) is 0 Å². The average Bonchev–Trinajstić information content (AvgIpc) is 3.01. The van der Waals surface area contributed by atoms with Crippen molar-refractivity contribution in [1.29, 1.82) is 0 Å². The third-order valence-electron chi connectivity index (χ3n) is 4.83. The Morgan fingerprint density at radius 2 is 1.72 bits per heavy atom. The van der Waals surface area contributed by atoms with Crippen LogP contribution >= 0.6 is 0 Å². The van der Waals surface area contributed by atoms with Gasteiger partial charge in [-0.15, -0.1) is 0 Å². The first kappa shape index (κ1) is 22.5. The number of rotatable bonds is 7. The van der Waals surface area contributed by atoms with Gasteiger partial charge in [-0.2, -0.15) is 5.10 Å². The summed E-state index contributed by atoms with van der Waals surface area (Å²) in [6, 6.07) is 16.6. The Kier molecular flexibility index (Phi) is 8.71. The molecule has 0 saturated carbocycles. The minimum Gasteiger partial charge on any atom is -0.497 e. The molecule has 0 radical (unpaired) electrons. The average molecular weight is 396 g/mol. The molecular weight excluding hydrogens is 362 g/mol. The van der Waals surface area contributed by atoms with Crippen molar-refractivity contribution < 1.29 is 4.74 Å². The van der Waals surface area contributed by atoms with Crippen molar-refractivity contribution >= 4 is 0 Å². The zero-order chi connectivity index (χ0) is 21.2. The van der Waals surface area contributed by atoms with E-state index in [0.717, 1.165) is 43.8 Å². The van der Waals surface area contributed by atoms with Gasteiger partial charge in [0, 0.05) is 20.0 Å². The Bertz CT molecular complexity index is 940. The van der Waals surface area contributed by atoms with Crippen LogP contribution in [0.15, 0.2) is 53.3 Å². The number of hydrogen-bond acceptors (Lipinski definition) is 3. The zero-order valence-electron chi connectivity index (χ0n) is 18.3. The fourth-order valence-corrected chi connectivity index (χ4v) is 3.10. The molecule has 0 aliphatic rings. The molecule has 0 spiro atoms. The third-order valence-corrected chi connectivity index (χ3v) is 4.83. The van der Waals surface area contributed by atoms with Crippen LogP contribution in [0.25, 0.3) is 0 Å². The number of aromatic nitrogens is 3. The molecule has 0 bridgehead atoms. The molecule has 0 aliphatic carbocycles. The van der Waals surface area contributed by atoms with E-state index in [9.17, 15) is 4.79 Å². The highest BCUT2D eigenvalue weighted by Gasteiger charge is 2.10. The van der Waals surface area contributed by atoms with Gasteiger partial charge in [0.05, 0.1) is 7.11 Å². The number of nitrogens with zero attached hydrogens (tertiary/aromatic N) is 3. The van der Waals surface area contributed by atoms with Crippen LogP contribution < -0.4 is 10.4 Å². The highest BCUT2D eigenvalue weighted by atomic mass is 16.5. The van der Waals surface area contributed by atoms with Crippen LogP contribution in [-0.4, -0.2) is 21.5 Å². The topological polar surface area (TPSA) is 49.0 Å². The maximum absolute atomic E-state index is 11.9. The van der Waals surface area contributed by atoms with Gasteiger partial charge in [0.15, 0.2) is 0 Å². The van der Waals surface area contributed by atoms with Gasteiger partial charge in [0.25, 0.3) is 0 Å². The van der Waals surface area contributed by atoms with Gasteiger partial charge in [0.1, 0.15) is 11.6 Å². The summed E-state index contributed by atoms with van der Waals surface area (Å²) in [5.41, 5.74) is 3.91. The fourth-order valence-electron chi connectivity index (χ4n) is 3.10. The number of hydrogen-bond donors (Lipinski definition) is 0. The predicted octanol–water partition coefficient (Wildman–Crippen LogP) is 4.34. The molecule has 0 N–H and O–H groups in total. The summed E-state index contributed by atoms with van der Waals surface area (Å²) in [4.78, 5) is 11.9.